The molecule has 3 rings (SSSR count). The molecule has 0 bridgehead atoms. The maximum Gasteiger partial charge on any atom is 0.270 e. The summed E-state index contributed by atoms with van der Waals surface area (Å²) in [6.07, 6.45) is 0. The van der Waals surface area contributed by atoms with Gasteiger partial charge in [0.2, 0.25) is 5.91 Å². The average Bonchev–Trinajstić information content (AvgIpc) is 3.04. The van der Waals surface area contributed by atoms with Crippen molar-refractivity contribution in [3.8, 4) is 0 Å². The van der Waals surface area contributed by atoms with Crippen LogP contribution >= 0.6 is 0 Å². The van der Waals surface area contributed by atoms with Gasteiger partial charge in [0.25, 0.3) is 5.95 Å². The van der Waals surface area contributed by atoms with Crippen molar-refractivity contribution in [1.29, 1.82) is 0 Å². The number of rotatable bonds is 6. The van der Waals surface area contributed by atoms with Crippen molar-refractivity contribution in [2.75, 3.05) is 12.4 Å². The molecular formula is C17H17N5O2. The third kappa shape index (κ3) is 3.64. The molecule has 0 spiro atoms. The fourth-order valence-corrected chi connectivity index (χ4v) is 2.43. The Morgan fingerprint density at radius 3 is 2.21 bits per heavy atom. The van der Waals surface area contributed by atoms with E-state index in [0.717, 1.165) is 11.1 Å². The number of methoxy groups -OCH3 is 1. The van der Waals surface area contributed by atoms with Gasteiger partial charge in [-0.1, -0.05) is 65.8 Å². The van der Waals surface area contributed by atoms with Crippen LogP contribution in [0.4, 0.5) is 5.95 Å². The summed E-state index contributed by atoms with van der Waals surface area (Å²) < 4.78 is 4.92. The van der Waals surface area contributed by atoms with E-state index >= 15 is 0 Å². The Morgan fingerprint density at radius 2 is 1.67 bits per heavy atom. The second kappa shape index (κ2) is 7.47. The molecule has 1 N–H and O–H groups in total. The van der Waals surface area contributed by atoms with Gasteiger partial charge in [0, 0.05) is 7.11 Å². The number of hydrogen-bond acceptors (Lipinski definition) is 5. The van der Waals surface area contributed by atoms with Crippen LogP contribution in [0.5, 0.6) is 0 Å². The predicted molar refractivity (Wildman–Crippen MR) is 88.2 cm³/mol. The Balaban J connectivity index is 1.86. The van der Waals surface area contributed by atoms with E-state index in [1.54, 1.807) is 0 Å². The number of nitrogens with one attached hydrogen (secondary N) is 1. The SMILES string of the molecule is COCn1nnc(NC(=O)C(c2ccccc2)c2ccccc2)n1. The molecule has 1 heterocycles. The maximum atomic E-state index is 12.8. The van der Waals surface area contributed by atoms with Crippen LogP contribution in [0.1, 0.15) is 17.0 Å². The number of ether oxygens (including phenoxy) is 1. The highest BCUT2D eigenvalue weighted by Gasteiger charge is 2.23. The molecule has 1 amide bonds. The van der Waals surface area contributed by atoms with Gasteiger partial charge in [0.1, 0.15) is 0 Å². The summed E-state index contributed by atoms with van der Waals surface area (Å²) in [5, 5.41) is 14.4. The van der Waals surface area contributed by atoms with Gasteiger partial charge in [-0.3, -0.25) is 10.1 Å². The fourth-order valence-electron chi connectivity index (χ4n) is 2.43. The third-order valence-corrected chi connectivity index (χ3v) is 3.46. The molecular weight excluding hydrogens is 306 g/mol. The summed E-state index contributed by atoms with van der Waals surface area (Å²) in [7, 11) is 1.53. The van der Waals surface area contributed by atoms with E-state index in [-0.39, 0.29) is 18.6 Å². The van der Waals surface area contributed by atoms with Crippen LogP contribution in [0.25, 0.3) is 0 Å². The number of aromatic nitrogens is 4. The number of amides is 1. The molecule has 0 radical (unpaired) electrons. The fraction of sp³-hybridized carbons (Fsp3) is 0.176. The smallest absolute Gasteiger partial charge is 0.270 e. The zero-order valence-electron chi connectivity index (χ0n) is 13.2. The minimum atomic E-state index is -0.457. The van der Waals surface area contributed by atoms with E-state index in [4.69, 9.17) is 4.74 Å². The van der Waals surface area contributed by atoms with Crippen molar-refractivity contribution in [1.82, 2.24) is 20.2 Å². The number of hydrogen-bond donors (Lipinski definition) is 1. The molecule has 2 aromatic carbocycles. The third-order valence-electron chi connectivity index (χ3n) is 3.46. The number of anilines is 1. The van der Waals surface area contributed by atoms with Crippen molar-refractivity contribution < 1.29 is 9.53 Å². The molecule has 0 saturated carbocycles. The van der Waals surface area contributed by atoms with Crippen molar-refractivity contribution in [3.63, 3.8) is 0 Å². The summed E-state index contributed by atoms with van der Waals surface area (Å²) in [5.74, 6) is -0.528. The Bertz CT molecular complexity index is 750. The number of nitrogens with zero attached hydrogens (tertiary/aromatic N) is 4. The Kier molecular flexibility index (Phi) is 4.93. The minimum Gasteiger partial charge on any atom is -0.361 e. The Hall–Kier alpha value is -3.06. The lowest BCUT2D eigenvalue weighted by Gasteiger charge is -2.16. The average molecular weight is 323 g/mol. The van der Waals surface area contributed by atoms with Gasteiger partial charge in [-0.05, 0) is 16.3 Å². The zero-order chi connectivity index (χ0) is 16.8. The summed E-state index contributed by atoms with van der Waals surface area (Å²) in [6, 6.07) is 19.2. The summed E-state index contributed by atoms with van der Waals surface area (Å²) in [4.78, 5) is 14.1. The van der Waals surface area contributed by atoms with Gasteiger partial charge in [0.05, 0.1) is 5.92 Å². The normalized spacial score (nSPS) is 10.8. The van der Waals surface area contributed by atoms with Crippen LogP contribution in [-0.4, -0.2) is 33.2 Å². The van der Waals surface area contributed by atoms with E-state index in [1.807, 2.05) is 60.7 Å². The van der Waals surface area contributed by atoms with Crippen LogP contribution in [0.15, 0.2) is 60.7 Å². The van der Waals surface area contributed by atoms with Gasteiger partial charge in [-0.2, -0.15) is 0 Å². The number of carbonyl (C=O) groups excluding carboxylic acids is 1. The molecule has 122 valence electrons. The second-order valence-electron chi connectivity index (χ2n) is 5.15. The predicted octanol–water partition coefficient (Wildman–Crippen LogP) is 2.05. The summed E-state index contributed by atoms with van der Waals surface area (Å²) in [5.41, 5.74) is 1.79. The highest BCUT2D eigenvalue weighted by Crippen LogP contribution is 2.25. The monoisotopic (exact) mass is 323 g/mol. The van der Waals surface area contributed by atoms with E-state index in [9.17, 15) is 4.79 Å². The lowest BCUT2D eigenvalue weighted by atomic mass is 9.90. The molecule has 3 aromatic rings. The van der Waals surface area contributed by atoms with Gasteiger partial charge in [-0.25, -0.2) is 0 Å². The minimum absolute atomic E-state index is 0.147. The molecule has 0 unspecified atom stereocenters. The standard InChI is InChI=1S/C17H17N5O2/c1-24-12-22-20-17(19-21-22)18-16(23)15(13-8-4-2-5-9-13)14-10-6-3-7-11-14/h2-11,15H,12H2,1H3,(H,18,20,23). The van der Waals surface area contributed by atoms with Gasteiger partial charge < -0.3 is 4.74 Å². The van der Waals surface area contributed by atoms with E-state index in [1.165, 1.54) is 11.9 Å². The van der Waals surface area contributed by atoms with Crippen molar-refractivity contribution in [2.45, 2.75) is 12.6 Å². The number of tetrazole rings is 1. The van der Waals surface area contributed by atoms with Gasteiger partial charge in [0.15, 0.2) is 6.73 Å². The molecule has 7 nitrogen and oxygen atoms in total. The van der Waals surface area contributed by atoms with Crippen LogP contribution in [-0.2, 0) is 16.3 Å². The van der Waals surface area contributed by atoms with Crippen molar-refractivity contribution >= 4 is 11.9 Å². The zero-order valence-corrected chi connectivity index (χ0v) is 13.2. The molecule has 0 fully saturated rings. The summed E-state index contributed by atoms with van der Waals surface area (Å²) in [6.45, 7) is 0.170. The quantitative estimate of drug-likeness (QED) is 0.751. The Morgan fingerprint density at radius 1 is 1.08 bits per heavy atom. The van der Waals surface area contributed by atoms with Crippen molar-refractivity contribution in [3.05, 3.63) is 71.8 Å². The molecule has 0 aliphatic heterocycles. The second-order valence-corrected chi connectivity index (χ2v) is 5.15. The number of carbonyl (C=O) groups is 1. The molecule has 0 aliphatic rings. The largest absolute Gasteiger partial charge is 0.361 e. The highest BCUT2D eigenvalue weighted by atomic mass is 16.5. The molecule has 7 heteroatoms. The summed E-state index contributed by atoms with van der Waals surface area (Å²) >= 11 is 0. The Labute approximate surface area is 139 Å². The molecule has 0 saturated heterocycles. The highest BCUT2D eigenvalue weighted by molar-refractivity contribution is 5.96. The van der Waals surface area contributed by atoms with Gasteiger partial charge >= 0.3 is 0 Å². The van der Waals surface area contributed by atoms with Crippen LogP contribution < -0.4 is 5.32 Å². The first-order chi connectivity index (χ1) is 11.8. The van der Waals surface area contributed by atoms with E-state index < -0.39 is 5.92 Å². The topological polar surface area (TPSA) is 81.9 Å². The molecule has 0 aliphatic carbocycles. The van der Waals surface area contributed by atoms with Crippen molar-refractivity contribution in [2.24, 2.45) is 0 Å². The first-order valence-electron chi connectivity index (χ1n) is 7.45. The first kappa shape index (κ1) is 15.8. The van der Waals surface area contributed by atoms with Gasteiger partial charge in [-0.15, -0.1) is 9.90 Å². The van der Waals surface area contributed by atoms with Crippen LogP contribution in [0.3, 0.4) is 0 Å². The van der Waals surface area contributed by atoms with Crippen LogP contribution in [0, 0.1) is 0 Å². The van der Waals surface area contributed by atoms with E-state index in [2.05, 4.69) is 20.7 Å². The lowest BCUT2D eigenvalue weighted by molar-refractivity contribution is -0.116. The molecule has 1 aromatic heterocycles. The first-order valence-corrected chi connectivity index (χ1v) is 7.45. The molecule has 24 heavy (non-hydrogen) atoms. The molecule has 0 atom stereocenters. The maximum absolute atomic E-state index is 12.8. The van der Waals surface area contributed by atoms with Crippen LogP contribution in [0.2, 0.25) is 0 Å². The lowest BCUT2D eigenvalue weighted by Crippen LogP contribution is -2.23. The number of benzene rings is 2. The van der Waals surface area contributed by atoms with E-state index in [0.29, 0.717) is 0 Å².